The quantitative estimate of drug-likeness (QED) is 0.738. The lowest BCUT2D eigenvalue weighted by Gasteiger charge is -2.24. The van der Waals surface area contributed by atoms with Crippen molar-refractivity contribution >= 4 is 5.97 Å². The first-order chi connectivity index (χ1) is 7.79. The van der Waals surface area contributed by atoms with Crippen molar-refractivity contribution in [2.24, 2.45) is 0 Å². The molecule has 1 saturated carbocycles. The number of hydrogen-bond acceptors (Lipinski definition) is 3. The summed E-state index contributed by atoms with van der Waals surface area (Å²) >= 11 is 0. The van der Waals surface area contributed by atoms with Crippen LogP contribution < -0.4 is 0 Å². The van der Waals surface area contributed by atoms with Gasteiger partial charge in [-0.05, 0) is 12.8 Å². The molecule has 0 bridgehead atoms. The Morgan fingerprint density at radius 2 is 2.12 bits per heavy atom. The molecule has 1 heterocycles. The van der Waals surface area contributed by atoms with Crippen LogP contribution in [0, 0.1) is 0 Å². The maximum absolute atomic E-state index is 11.0. The fourth-order valence-corrected chi connectivity index (χ4v) is 2.30. The van der Waals surface area contributed by atoms with Gasteiger partial charge in [-0.25, -0.2) is 4.79 Å². The van der Waals surface area contributed by atoms with E-state index in [0.29, 0.717) is 12.8 Å². The third-order valence-corrected chi connectivity index (χ3v) is 3.47. The van der Waals surface area contributed by atoms with Crippen LogP contribution in [0.5, 0.6) is 0 Å². The smallest absolute Gasteiger partial charge is 0.333 e. The lowest BCUT2D eigenvalue weighted by atomic mass is 9.81. The Kier molecular flexibility index (Phi) is 2.54. The van der Waals surface area contributed by atoms with Gasteiger partial charge >= 0.3 is 5.97 Å². The Bertz CT molecular complexity index is 441. The molecule has 1 aromatic heterocycles. The second-order valence-corrected chi connectivity index (χ2v) is 5.81. The molecule has 0 spiro atoms. The van der Waals surface area contributed by atoms with Crippen LogP contribution in [-0.2, 0) is 15.6 Å². The van der Waals surface area contributed by atoms with E-state index in [0.717, 1.165) is 11.3 Å². The fourth-order valence-electron chi connectivity index (χ4n) is 2.30. The van der Waals surface area contributed by atoms with E-state index >= 15 is 0 Å². The first-order valence-electron chi connectivity index (χ1n) is 5.74. The molecule has 1 unspecified atom stereocenters. The van der Waals surface area contributed by atoms with Crippen molar-refractivity contribution in [3.05, 3.63) is 17.5 Å². The molecule has 17 heavy (non-hydrogen) atoms. The van der Waals surface area contributed by atoms with Gasteiger partial charge in [-0.15, -0.1) is 0 Å². The molecule has 2 rings (SSSR count). The van der Waals surface area contributed by atoms with E-state index in [1.807, 2.05) is 20.8 Å². The number of carboxylic acids is 1. The fraction of sp³-hybridized carbons (Fsp3) is 0.667. The molecular formula is C12H18N2O3. The average molecular weight is 238 g/mol. The van der Waals surface area contributed by atoms with Gasteiger partial charge in [0.25, 0.3) is 0 Å². The summed E-state index contributed by atoms with van der Waals surface area (Å²) in [7, 11) is 0. The summed E-state index contributed by atoms with van der Waals surface area (Å²) in [6, 6.07) is 0. The van der Waals surface area contributed by atoms with Crippen LogP contribution in [0.2, 0.25) is 0 Å². The Labute approximate surface area is 99.9 Å². The predicted molar refractivity (Wildman–Crippen MR) is 61.8 cm³/mol. The summed E-state index contributed by atoms with van der Waals surface area (Å²) < 4.78 is 0. The van der Waals surface area contributed by atoms with Gasteiger partial charge in [0.2, 0.25) is 0 Å². The van der Waals surface area contributed by atoms with Gasteiger partial charge in [0.1, 0.15) is 0 Å². The summed E-state index contributed by atoms with van der Waals surface area (Å²) in [6.45, 7) is 6.10. The van der Waals surface area contributed by atoms with Gasteiger partial charge < -0.3 is 10.2 Å². The second kappa shape index (κ2) is 3.57. The second-order valence-electron chi connectivity index (χ2n) is 5.81. The third kappa shape index (κ3) is 1.84. The molecule has 5 heteroatoms. The molecular weight excluding hydrogens is 220 g/mol. The summed E-state index contributed by atoms with van der Waals surface area (Å²) in [5, 5.41) is 25.7. The van der Waals surface area contributed by atoms with Gasteiger partial charge in [0, 0.05) is 22.1 Å². The van der Waals surface area contributed by atoms with Gasteiger partial charge in [-0.3, -0.25) is 5.10 Å². The van der Waals surface area contributed by atoms with E-state index in [4.69, 9.17) is 5.11 Å². The number of aliphatic carboxylic acids is 1. The first-order valence-corrected chi connectivity index (χ1v) is 5.74. The molecule has 0 amide bonds. The van der Waals surface area contributed by atoms with Crippen molar-refractivity contribution in [2.75, 3.05) is 0 Å². The normalized spacial score (nSPS) is 20.0. The highest BCUT2D eigenvalue weighted by Gasteiger charge is 2.55. The van der Waals surface area contributed by atoms with Crippen LogP contribution >= 0.6 is 0 Å². The molecule has 94 valence electrons. The highest BCUT2D eigenvalue weighted by Crippen LogP contribution is 2.53. The van der Waals surface area contributed by atoms with Crippen molar-refractivity contribution in [3.63, 3.8) is 0 Å². The Morgan fingerprint density at radius 1 is 1.53 bits per heavy atom. The standard InChI is InChI=1S/C12H18N2O3/c1-11(2,3)8-7(6-13-14-8)12(4-5-12)9(15)10(16)17/h6,9,15H,4-5H2,1-3H3,(H,13,14)(H,16,17). The van der Waals surface area contributed by atoms with Gasteiger partial charge in [-0.2, -0.15) is 5.10 Å². The summed E-state index contributed by atoms with van der Waals surface area (Å²) in [4.78, 5) is 11.0. The number of carboxylic acid groups (broad SMARTS) is 1. The largest absolute Gasteiger partial charge is 0.479 e. The minimum atomic E-state index is -1.35. The molecule has 0 saturated heterocycles. The van der Waals surface area contributed by atoms with Crippen LogP contribution in [0.15, 0.2) is 6.20 Å². The van der Waals surface area contributed by atoms with Gasteiger partial charge in [0.15, 0.2) is 6.10 Å². The predicted octanol–water partition coefficient (Wildman–Crippen LogP) is 1.18. The van der Waals surface area contributed by atoms with E-state index in [2.05, 4.69) is 10.2 Å². The highest BCUT2D eigenvalue weighted by molar-refractivity contribution is 5.75. The maximum atomic E-state index is 11.0. The van der Waals surface area contributed by atoms with E-state index < -0.39 is 17.5 Å². The molecule has 0 aliphatic heterocycles. The molecule has 1 aliphatic rings. The van der Waals surface area contributed by atoms with Crippen molar-refractivity contribution in [1.82, 2.24) is 10.2 Å². The SMILES string of the molecule is CC(C)(C)c1[nH]ncc1C1(C(O)C(=O)O)CC1. The number of aliphatic hydroxyl groups is 1. The molecule has 0 radical (unpaired) electrons. The minimum absolute atomic E-state index is 0.139. The zero-order chi connectivity index (χ0) is 12.8. The number of nitrogens with one attached hydrogen (secondary N) is 1. The number of aliphatic hydroxyl groups excluding tert-OH is 1. The van der Waals surface area contributed by atoms with Crippen molar-refractivity contribution in [2.45, 2.75) is 50.5 Å². The van der Waals surface area contributed by atoms with E-state index in [1.54, 1.807) is 6.20 Å². The number of rotatable bonds is 3. The van der Waals surface area contributed by atoms with Crippen LogP contribution in [-0.4, -0.2) is 32.5 Å². The van der Waals surface area contributed by atoms with Crippen molar-refractivity contribution < 1.29 is 15.0 Å². The first kappa shape index (κ1) is 12.1. The number of nitrogens with zero attached hydrogens (tertiary/aromatic N) is 1. The summed E-state index contributed by atoms with van der Waals surface area (Å²) in [6.07, 6.45) is 1.70. The van der Waals surface area contributed by atoms with E-state index in [9.17, 15) is 9.90 Å². The van der Waals surface area contributed by atoms with Crippen molar-refractivity contribution in [1.29, 1.82) is 0 Å². The van der Waals surface area contributed by atoms with Crippen LogP contribution in [0.25, 0.3) is 0 Å². The van der Waals surface area contributed by atoms with Crippen LogP contribution in [0.4, 0.5) is 0 Å². The Hall–Kier alpha value is -1.36. The molecule has 1 fully saturated rings. The maximum Gasteiger partial charge on any atom is 0.333 e. The molecule has 1 atom stereocenters. The molecule has 0 aromatic carbocycles. The number of carbonyl (C=O) groups is 1. The number of aromatic nitrogens is 2. The zero-order valence-corrected chi connectivity index (χ0v) is 10.3. The van der Waals surface area contributed by atoms with E-state index in [1.165, 1.54) is 0 Å². The lowest BCUT2D eigenvalue weighted by Crippen LogP contribution is -2.35. The summed E-state index contributed by atoms with van der Waals surface area (Å²) in [5.74, 6) is -1.16. The Balaban J connectivity index is 2.42. The van der Waals surface area contributed by atoms with Crippen LogP contribution in [0.3, 0.4) is 0 Å². The molecule has 1 aliphatic carbocycles. The topological polar surface area (TPSA) is 86.2 Å². The van der Waals surface area contributed by atoms with Crippen LogP contribution in [0.1, 0.15) is 44.9 Å². The van der Waals surface area contributed by atoms with E-state index in [-0.39, 0.29) is 5.41 Å². The average Bonchev–Trinajstić information content (AvgIpc) is 2.84. The number of hydrogen-bond donors (Lipinski definition) is 3. The molecule has 5 nitrogen and oxygen atoms in total. The number of aromatic amines is 1. The lowest BCUT2D eigenvalue weighted by molar-refractivity contribution is -0.148. The monoisotopic (exact) mass is 238 g/mol. The zero-order valence-electron chi connectivity index (χ0n) is 10.3. The Morgan fingerprint density at radius 3 is 2.53 bits per heavy atom. The van der Waals surface area contributed by atoms with Crippen molar-refractivity contribution in [3.8, 4) is 0 Å². The molecule has 3 N–H and O–H groups in total. The number of H-pyrrole nitrogens is 1. The minimum Gasteiger partial charge on any atom is -0.479 e. The van der Waals surface area contributed by atoms with Gasteiger partial charge in [-0.1, -0.05) is 20.8 Å². The summed E-state index contributed by atoms with van der Waals surface area (Å²) in [5.41, 5.74) is 0.983. The molecule has 1 aromatic rings. The van der Waals surface area contributed by atoms with Gasteiger partial charge in [0.05, 0.1) is 6.20 Å². The highest BCUT2D eigenvalue weighted by atomic mass is 16.4. The third-order valence-electron chi connectivity index (χ3n) is 3.47.